The molecule has 9 N–H and O–H groups in total. The molecule has 3 amide bonds. The number of aliphatic carboxylic acids is 1. The summed E-state index contributed by atoms with van der Waals surface area (Å²) in [6.45, 7) is 3.18. The van der Waals surface area contributed by atoms with Crippen LogP contribution in [0.2, 0.25) is 0 Å². The van der Waals surface area contributed by atoms with Crippen molar-refractivity contribution in [1.82, 2.24) is 16.0 Å². The number of carboxylic acids is 1. The first kappa shape index (κ1) is 29.0. The number of nitrogens with two attached hydrogens (primary N) is 2. The first-order valence-electron chi connectivity index (χ1n) is 11.3. The quantitative estimate of drug-likeness (QED) is 0.153. The zero-order chi connectivity index (χ0) is 25.7. The van der Waals surface area contributed by atoms with Gasteiger partial charge >= 0.3 is 5.97 Å². The summed E-state index contributed by atoms with van der Waals surface area (Å²) in [6, 6.07) is 4.44. The van der Waals surface area contributed by atoms with Gasteiger partial charge in [-0.05, 0) is 37.3 Å². The van der Waals surface area contributed by atoms with E-state index in [1.807, 2.05) is 6.07 Å². The summed E-state index contributed by atoms with van der Waals surface area (Å²) < 4.78 is 0. The van der Waals surface area contributed by atoms with Gasteiger partial charge in [-0.3, -0.25) is 14.4 Å². The maximum atomic E-state index is 13.0. The van der Waals surface area contributed by atoms with Gasteiger partial charge in [0.1, 0.15) is 18.1 Å². The number of carbonyl (C=O) groups is 4. The first-order chi connectivity index (χ1) is 16.1. The molecule has 0 aliphatic carbocycles. The van der Waals surface area contributed by atoms with Gasteiger partial charge in [0.15, 0.2) is 0 Å². The van der Waals surface area contributed by atoms with E-state index in [4.69, 9.17) is 11.5 Å². The van der Waals surface area contributed by atoms with E-state index in [2.05, 4.69) is 16.0 Å². The van der Waals surface area contributed by atoms with Crippen molar-refractivity contribution in [2.75, 3.05) is 13.2 Å². The Hall–Kier alpha value is -3.02. The van der Waals surface area contributed by atoms with Crippen LogP contribution in [0.4, 0.5) is 0 Å². The number of carboxylic acid groups (broad SMARTS) is 1. The Bertz CT molecular complexity index is 804. The number of rotatable bonds is 15. The van der Waals surface area contributed by atoms with Crippen molar-refractivity contribution < 1.29 is 29.4 Å². The maximum Gasteiger partial charge on any atom is 0.326 e. The highest BCUT2D eigenvalue weighted by Gasteiger charge is 2.30. The lowest BCUT2D eigenvalue weighted by atomic mass is 10.0. The molecule has 0 heterocycles. The van der Waals surface area contributed by atoms with Crippen molar-refractivity contribution in [3.05, 3.63) is 35.9 Å². The molecule has 0 radical (unpaired) electrons. The molecule has 0 aromatic heterocycles. The monoisotopic (exact) mass is 479 g/mol. The lowest BCUT2D eigenvalue weighted by molar-refractivity contribution is -0.142. The third-order valence-corrected chi connectivity index (χ3v) is 5.31. The van der Waals surface area contributed by atoms with Crippen molar-refractivity contribution in [1.29, 1.82) is 0 Å². The molecule has 0 fully saturated rings. The van der Waals surface area contributed by atoms with Crippen LogP contribution in [0.5, 0.6) is 0 Å². The fraction of sp³-hybridized carbons (Fsp3) is 0.565. The number of aliphatic hydroxyl groups is 1. The van der Waals surface area contributed by atoms with Gasteiger partial charge in [-0.25, -0.2) is 4.79 Å². The third-order valence-electron chi connectivity index (χ3n) is 5.31. The van der Waals surface area contributed by atoms with E-state index >= 15 is 0 Å². The molecule has 0 spiro atoms. The van der Waals surface area contributed by atoms with E-state index in [1.165, 1.54) is 0 Å². The number of carbonyl (C=O) groups excluding carboxylic acids is 3. The van der Waals surface area contributed by atoms with Crippen molar-refractivity contribution in [2.24, 2.45) is 17.4 Å². The molecule has 190 valence electrons. The summed E-state index contributed by atoms with van der Waals surface area (Å²) in [5.41, 5.74) is 12.1. The summed E-state index contributed by atoms with van der Waals surface area (Å²) in [5, 5.41) is 26.4. The Balaban J connectivity index is 2.94. The van der Waals surface area contributed by atoms with Crippen LogP contribution in [-0.4, -0.2) is 71.2 Å². The fourth-order valence-electron chi connectivity index (χ4n) is 3.12. The number of aliphatic hydroxyl groups excluding tert-OH is 1. The van der Waals surface area contributed by atoms with Crippen LogP contribution in [0.3, 0.4) is 0 Å². The van der Waals surface area contributed by atoms with E-state index in [9.17, 15) is 29.4 Å². The minimum Gasteiger partial charge on any atom is -0.480 e. The molecule has 4 unspecified atom stereocenters. The normalized spacial score (nSPS) is 14.5. The predicted octanol–water partition coefficient (Wildman–Crippen LogP) is -1.13. The largest absolute Gasteiger partial charge is 0.480 e. The second-order valence-electron chi connectivity index (χ2n) is 8.45. The van der Waals surface area contributed by atoms with E-state index in [-0.39, 0.29) is 18.8 Å². The standard InChI is InChI=1S/C23H37N5O6/c1-14(2)19(25)22(32)27-17(12-15-8-4-3-5-9-15)20(30)28-18(13-29)21(31)26-16(23(33)34)10-6-7-11-24/h3-5,8-9,14,16-19,29H,6-7,10-13,24-25H2,1-2H3,(H,26,31)(H,27,32)(H,28,30)(H,33,34). The summed E-state index contributed by atoms with van der Waals surface area (Å²) in [5.74, 6) is -3.48. The van der Waals surface area contributed by atoms with E-state index < -0.39 is 54.5 Å². The highest BCUT2D eigenvalue weighted by molar-refractivity contribution is 5.94. The zero-order valence-electron chi connectivity index (χ0n) is 19.7. The van der Waals surface area contributed by atoms with Crippen LogP contribution in [0.25, 0.3) is 0 Å². The van der Waals surface area contributed by atoms with Gasteiger partial charge in [0.25, 0.3) is 0 Å². The fourth-order valence-corrected chi connectivity index (χ4v) is 3.12. The van der Waals surface area contributed by atoms with Gasteiger partial charge < -0.3 is 37.6 Å². The molecule has 0 bridgehead atoms. The maximum absolute atomic E-state index is 13.0. The molecule has 0 saturated carbocycles. The number of nitrogens with one attached hydrogen (secondary N) is 3. The lowest BCUT2D eigenvalue weighted by Crippen LogP contribution is -2.58. The Morgan fingerprint density at radius 1 is 0.882 bits per heavy atom. The van der Waals surface area contributed by atoms with Crippen LogP contribution in [0, 0.1) is 5.92 Å². The van der Waals surface area contributed by atoms with Crippen LogP contribution in [-0.2, 0) is 25.6 Å². The molecule has 11 nitrogen and oxygen atoms in total. The first-order valence-corrected chi connectivity index (χ1v) is 11.3. The van der Waals surface area contributed by atoms with Crippen molar-refractivity contribution >= 4 is 23.7 Å². The summed E-state index contributed by atoms with van der Waals surface area (Å²) in [4.78, 5) is 49.5. The van der Waals surface area contributed by atoms with Gasteiger partial charge in [0.2, 0.25) is 17.7 Å². The van der Waals surface area contributed by atoms with Crippen LogP contribution < -0.4 is 27.4 Å². The lowest BCUT2D eigenvalue weighted by Gasteiger charge is -2.25. The SMILES string of the molecule is CC(C)C(N)C(=O)NC(Cc1ccccc1)C(=O)NC(CO)C(=O)NC(CCCCN)C(=O)O. The highest BCUT2D eigenvalue weighted by atomic mass is 16.4. The topological polar surface area (TPSA) is 197 Å². The Morgan fingerprint density at radius 3 is 1.97 bits per heavy atom. The Morgan fingerprint density at radius 2 is 1.44 bits per heavy atom. The van der Waals surface area contributed by atoms with Crippen LogP contribution >= 0.6 is 0 Å². The molecule has 1 rings (SSSR count). The average molecular weight is 480 g/mol. The number of hydrogen-bond acceptors (Lipinski definition) is 7. The van der Waals surface area contributed by atoms with Gasteiger partial charge in [0.05, 0.1) is 12.6 Å². The molecule has 1 aromatic carbocycles. The van der Waals surface area contributed by atoms with Gasteiger partial charge in [-0.1, -0.05) is 44.2 Å². The highest BCUT2D eigenvalue weighted by Crippen LogP contribution is 2.07. The van der Waals surface area contributed by atoms with Crippen LogP contribution in [0.15, 0.2) is 30.3 Å². The zero-order valence-corrected chi connectivity index (χ0v) is 19.7. The minimum absolute atomic E-state index is 0.125. The molecule has 0 aliphatic rings. The molecule has 1 aromatic rings. The molecule has 11 heteroatoms. The summed E-state index contributed by atoms with van der Waals surface area (Å²) in [7, 11) is 0. The number of amides is 3. The summed E-state index contributed by atoms with van der Waals surface area (Å²) >= 11 is 0. The second-order valence-corrected chi connectivity index (χ2v) is 8.45. The predicted molar refractivity (Wildman–Crippen MR) is 126 cm³/mol. The molecule has 0 aliphatic heterocycles. The van der Waals surface area contributed by atoms with E-state index in [0.29, 0.717) is 19.4 Å². The smallest absolute Gasteiger partial charge is 0.326 e. The summed E-state index contributed by atoms with van der Waals surface area (Å²) in [6.07, 6.45) is 1.37. The van der Waals surface area contributed by atoms with Gasteiger partial charge in [-0.15, -0.1) is 0 Å². The molecule has 34 heavy (non-hydrogen) atoms. The average Bonchev–Trinajstić information content (AvgIpc) is 2.81. The van der Waals surface area contributed by atoms with Crippen molar-refractivity contribution in [3.63, 3.8) is 0 Å². The molecular weight excluding hydrogens is 442 g/mol. The second kappa shape index (κ2) is 15.0. The number of hydrogen-bond donors (Lipinski definition) is 7. The number of unbranched alkanes of at least 4 members (excludes halogenated alkanes) is 1. The van der Waals surface area contributed by atoms with Crippen LogP contribution in [0.1, 0.15) is 38.7 Å². The van der Waals surface area contributed by atoms with Gasteiger partial charge in [0, 0.05) is 6.42 Å². The number of benzene rings is 1. The Labute approximate surface area is 199 Å². The molecular formula is C23H37N5O6. The molecule has 0 saturated heterocycles. The van der Waals surface area contributed by atoms with Gasteiger partial charge in [-0.2, -0.15) is 0 Å². The van der Waals surface area contributed by atoms with E-state index in [0.717, 1.165) is 5.56 Å². The van der Waals surface area contributed by atoms with Crippen molar-refractivity contribution in [3.8, 4) is 0 Å². The Kier molecular flexibility index (Phi) is 12.8. The minimum atomic E-state index is -1.40. The third kappa shape index (κ3) is 9.86. The van der Waals surface area contributed by atoms with Crippen molar-refractivity contribution in [2.45, 2.75) is 63.7 Å². The van der Waals surface area contributed by atoms with E-state index in [1.54, 1.807) is 38.1 Å². The molecule has 4 atom stereocenters.